The van der Waals surface area contributed by atoms with Crippen LogP contribution < -0.4 is 10.9 Å². The monoisotopic (exact) mass is 338 g/mol. The number of amides is 1. The summed E-state index contributed by atoms with van der Waals surface area (Å²) in [6.45, 7) is 1.73. The van der Waals surface area contributed by atoms with Crippen LogP contribution in [0.5, 0.6) is 0 Å². The zero-order valence-corrected chi connectivity index (χ0v) is 13.9. The van der Waals surface area contributed by atoms with Crippen LogP contribution in [0.1, 0.15) is 16.3 Å². The minimum absolute atomic E-state index is 0.350. The van der Waals surface area contributed by atoms with Crippen molar-refractivity contribution in [2.75, 3.05) is 5.43 Å². The van der Waals surface area contributed by atoms with Crippen molar-refractivity contribution in [1.29, 1.82) is 5.26 Å². The number of aryl methyl sites for hydroxylation is 2. The second kappa shape index (κ2) is 6.52. The molecule has 0 aliphatic heterocycles. The molecule has 0 fully saturated rings. The molecule has 2 N–H and O–H groups in total. The van der Waals surface area contributed by atoms with Crippen LogP contribution in [0.25, 0.3) is 16.3 Å². The van der Waals surface area contributed by atoms with E-state index in [1.54, 1.807) is 20.0 Å². The number of fused-ring (bicyclic) bond motifs is 1. The number of aromatic nitrogens is 3. The molecule has 0 aliphatic rings. The Morgan fingerprint density at radius 3 is 2.96 bits per heavy atom. The molecular weight excluding hydrogens is 324 g/mol. The van der Waals surface area contributed by atoms with Crippen molar-refractivity contribution in [3.05, 3.63) is 46.6 Å². The predicted octanol–water partition coefficient (Wildman–Crippen LogP) is 2.37. The number of para-hydroxylation sites is 1. The van der Waals surface area contributed by atoms with Crippen LogP contribution in [-0.2, 0) is 11.8 Å². The summed E-state index contributed by atoms with van der Waals surface area (Å²) in [4.78, 5) is 16.3. The minimum Gasteiger partial charge on any atom is -0.281 e. The standard InChI is InChI=1S/C16H14N6OS/c1-10-11(9-17)16(22(2)21-10)20-19-14(23)7-8-15-18-12-5-3-4-6-13(12)24-15/h3-8,20H,1-2H3,(H,19,23)/b8-7+. The van der Waals surface area contributed by atoms with Crippen LogP contribution in [0.2, 0.25) is 0 Å². The maximum absolute atomic E-state index is 11.9. The molecular formula is C16H14N6OS. The molecule has 0 spiro atoms. The Bertz CT molecular complexity index is 945. The van der Waals surface area contributed by atoms with Gasteiger partial charge in [-0.2, -0.15) is 10.4 Å². The van der Waals surface area contributed by atoms with E-state index < -0.39 is 0 Å². The van der Waals surface area contributed by atoms with Crippen LogP contribution in [0.4, 0.5) is 5.82 Å². The van der Waals surface area contributed by atoms with Gasteiger partial charge >= 0.3 is 0 Å². The lowest BCUT2D eigenvalue weighted by molar-refractivity contribution is -0.116. The SMILES string of the molecule is Cc1nn(C)c(NNC(=O)/C=C/c2nc3ccccc3s2)c1C#N. The summed E-state index contributed by atoms with van der Waals surface area (Å²) in [5.74, 6) is 0.0914. The van der Waals surface area contributed by atoms with E-state index in [2.05, 4.69) is 27.0 Å². The van der Waals surface area contributed by atoms with E-state index in [1.807, 2.05) is 24.3 Å². The zero-order valence-electron chi connectivity index (χ0n) is 13.1. The average Bonchev–Trinajstić information content (AvgIpc) is 3.10. The van der Waals surface area contributed by atoms with Crippen LogP contribution in [-0.4, -0.2) is 20.7 Å². The number of benzene rings is 1. The van der Waals surface area contributed by atoms with Gasteiger partial charge < -0.3 is 0 Å². The molecule has 0 radical (unpaired) electrons. The van der Waals surface area contributed by atoms with E-state index in [0.717, 1.165) is 15.2 Å². The highest BCUT2D eigenvalue weighted by molar-refractivity contribution is 7.19. The van der Waals surface area contributed by atoms with Gasteiger partial charge in [0.1, 0.15) is 16.6 Å². The first-order chi connectivity index (χ1) is 11.6. The maximum atomic E-state index is 11.9. The molecule has 0 bridgehead atoms. The first-order valence-electron chi connectivity index (χ1n) is 7.12. The second-order valence-electron chi connectivity index (χ2n) is 5.01. The fraction of sp³-hybridized carbons (Fsp3) is 0.125. The average molecular weight is 338 g/mol. The molecule has 8 heteroatoms. The van der Waals surface area contributed by atoms with Crippen molar-refractivity contribution >= 4 is 39.4 Å². The Hall–Kier alpha value is -3.18. The molecule has 7 nitrogen and oxygen atoms in total. The van der Waals surface area contributed by atoms with Gasteiger partial charge in [-0.3, -0.25) is 20.3 Å². The molecule has 2 heterocycles. The lowest BCUT2D eigenvalue weighted by Gasteiger charge is -2.06. The molecule has 3 rings (SSSR count). The fourth-order valence-corrected chi connectivity index (χ4v) is 3.08. The summed E-state index contributed by atoms with van der Waals surface area (Å²) < 4.78 is 2.57. The highest BCUT2D eigenvalue weighted by Gasteiger charge is 2.12. The number of hydrogen-bond donors (Lipinski definition) is 2. The fourth-order valence-electron chi connectivity index (χ4n) is 2.21. The van der Waals surface area contributed by atoms with Crippen molar-refractivity contribution in [1.82, 2.24) is 20.2 Å². The van der Waals surface area contributed by atoms with Crippen molar-refractivity contribution in [3.8, 4) is 6.07 Å². The lowest BCUT2D eigenvalue weighted by atomic mass is 10.3. The van der Waals surface area contributed by atoms with Crippen LogP contribution in [0.15, 0.2) is 30.3 Å². The summed E-state index contributed by atoms with van der Waals surface area (Å²) >= 11 is 1.51. The number of carbonyl (C=O) groups excluding carboxylic acids is 1. The van der Waals surface area contributed by atoms with Gasteiger partial charge in [-0.25, -0.2) is 4.98 Å². The van der Waals surface area contributed by atoms with Crippen molar-refractivity contribution in [3.63, 3.8) is 0 Å². The van der Waals surface area contributed by atoms with Crippen LogP contribution in [0.3, 0.4) is 0 Å². The predicted molar refractivity (Wildman–Crippen MR) is 93.1 cm³/mol. The van der Waals surface area contributed by atoms with Gasteiger partial charge in [-0.05, 0) is 25.1 Å². The number of anilines is 1. The molecule has 0 atom stereocenters. The van der Waals surface area contributed by atoms with Crippen molar-refractivity contribution < 1.29 is 4.79 Å². The zero-order chi connectivity index (χ0) is 17.1. The first-order valence-corrected chi connectivity index (χ1v) is 7.93. The van der Waals surface area contributed by atoms with E-state index in [-0.39, 0.29) is 5.91 Å². The Balaban J connectivity index is 1.67. The number of hydrogen-bond acceptors (Lipinski definition) is 6. The minimum atomic E-state index is -0.350. The molecule has 24 heavy (non-hydrogen) atoms. The molecule has 2 aromatic heterocycles. The van der Waals surface area contributed by atoms with Crippen molar-refractivity contribution in [2.24, 2.45) is 7.05 Å². The van der Waals surface area contributed by atoms with E-state index in [0.29, 0.717) is 17.1 Å². The second-order valence-corrected chi connectivity index (χ2v) is 6.07. The van der Waals surface area contributed by atoms with Gasteiger partial charge in [0.15, 0.2) is 5.82 Å². The summed E-state index contributed by atoms with van der Waals surface area (Å²) in [5.41, 5.74) is 7.15. The van der Waals surface area contributed by atoms with Gasteiger partial charge in [0.25, 0.3) is 5.91 Å². The Morgan fingerprint density at radius 2 is 2.21 bits per heavy atom. The summed E-state index contributed by atoms with van der Waals surface area (Å²) in [6, 6.07) is 9.85. The first kappa shape index (κ1) is 15.7. The molecule has 3 aromatic rings. The molecule has 0 saturated heterocycles. The summed E-state index contributed by atoms with van der Waals surface area (Å²) in [6.07, 6.45) is 3.04. The summed E-state index contributed by atoms with van der Waals surface area (Å²) in [5, 5.41) is 14.0. The Morgan fingerprint density at radius 1 is 1.42 bits per heavy atom. The highest BCUT2D eigenvalue weighted by Crippen LogP contribution is 2.22. The lowest BCUT2D eigenvalue weighted by Crippen LogP contribution is -2.29. The number of carbonyl (C=O) groups is 1. The van der Waals surface area contributed by atoms with E-state index in [4.69, 9.17) is 5.26 Å². The molecule has 0 aliphatic carbocycles. The quantitative estimate of drug-likeness (QED) is 0.562. The third-order valence-electron chi connectivity index (χ3n) is 3.33. The van der Waals surface area contributed by atoms with Crippen LogP contribution in [0, 0.1) is 18.3 Å². The third kappa shape index (κ3) is 3.11. The Kier molecular flexibility index (Phi) is 4.26. The van der Waals surface area contributed by atoms with Gasteiger partial charge in [0, 0.05) is 13.1 Å². The Labute approximate surface area is 142 Å². The number of hydrazine groups is 1. The van der Waals surface area contributed by atoms with Crippen molar-refractivity contribution in [2.45, 2.75) is 6.92 Å². The van der Waals surface area contributed by atoms with E-state index in [9.17, 15) is 4.79 Å². The molecule has 120 valence electrons. The highest BCUT2D eigenvalue weighted by atomic mass is 32.1. The topological polar surface area (TPSA) is 95.6 Å². The number of nitrogens with one attached hydrogen (secondary N) is 2. The molecule has 1 aromatic carbocycles. The van der Waals surface area contributed by atoms with E-state index >= 15 is 0 Å². The molecule has 0 unspecified atom stereocenters. The van der Waals surface area contributed by atoms with Crippen LogP contribution >= 0.6 is 11.3 Å². The van der Waals surface area contributed by atoms with Gasteiger partial charge in [0.05, 0.1) is 15.9 Å². The normalized spacial score (nSPS) is 10.9. The third-order valence-corrected chi connectivity index (χ3v) is 4.33. The van der Waals surface area contributed by atoms with E-state index in [1.165, 1.54) is 22.1 Å². The number of rotatable bonds is 4. The number of nitrogens with zero attached hydrogens (tertiary/aromatic N) is 4. The maximum Gasteiger partial charge on any atom is 0.262 e. The largest absolute Gasteiger partial charge is 0.281 e. The van der Waals surface area contributed by atoms with Gasteiger partial charge in [0.2, 0.25) is 0 Å². The number of thiazole rings is 1. The summed E-state index contributed by atoms with van der Waals surface area (Å²) in [7, 11) is 1.69. The number of nitriles is 1. The molecule has 1 amide bonds. The smallest absolute Gasteiger partial charge is 0.262 e. The van der Waals surface area contributed by atoms with Gasteiger partial charge in [-0.1, -0.05) is 12.1 Å². The van der Waals surface area contributed by atoms with Gasteiger partial charge in [-0.15, -0.1) is 11.3 Å². The molecule has 0 saturated carbocycles.